The summed E-state index contributed by atoms with van der Waals surface area (Å²) in [6.45, 7) is 1.98. The van der Waals surface area contributed by atoms with Gasteiger partial charge in [-0.1, -0.05) is 6.07 Å². The van der Waals surface area contributed by atoms with E-state index in [1.54, 1.807) is 30.5 Å². The van der Waals surface area contributed by atoms with Crippen molar-refractivity contribution in [2.24, 2.45) is 0 Å². The average Bonchev–Trinajstić information content (AvgIpc) is 3.38. The molecule has 0 unspecified atom stereocenters. The minimum atomic E-state index is -0.349. The molecule has 1 heterocycles. The van der Waals surface area contributed by atoms with E-state index in [1.165, 1.54) is 6.07 Å². The first-order valence-corrected chi connectivity index (χ1v) is 9.07. The highest BCUT2D eigenvalue weighted by Crippen LogP contribution is 2.45. The lowest BCUT2D eigenvalue weighted by atomic mass is 9.92. The number of nitrogen functional groups attached to an aromatic ring is 1. The summed E-state index contributed by atoms with van der Waals surface area (Å²) in [4.78, 5) is 12.7. The lowest BCUT2D eigenvalue weighted by Gasteiger charge is -2.12. The highest BCUT2D eigenvalue weighted by molar-refractivity contribution is 6.07. The van der Waals surface area contributed by atoms with Crippen molar-refractivity contribution in [2.45, 2.75) is 25.7 Å². The summed E-state index contributed by atoms with van der Waals surface area (Å²) in [5.74, 6) is 0.0281. The fraction of sp³-hybridized carbons (Fsp3) is 0.174. The van der Waals surface area contributed by atoms with E-state index in [9.17, 15) is 9.18 Å². The molecule has 27 heavy (non-hydrogen) atoms. The van der Waals surface area contributed by atoms with Gasteiger partial charge in [-0.3, -0.25) is 4.79 Å². The van der Waals surface area contributed by atoms with Gasteiger partial charge in [-0.05, 0) is 84.2 Å². The van der Waals surface area contributed by atoms with Gasteiger partial charge in [0.1, 0.15) is 11.4 Å². The van der Waals surface area contributed by atoms with Crippen molar-refractivity contribution >= 4 is 27.4 Å². The Labute approximate surface area is 155 Å². The monoisotopic (exact) mass is 359 g/mol. The Morgan fingerprint density at radius 2 is 1.81 bits per heavy atom. The van der Waals surface area contributed by atoms with E-state index in [0.717, 1.165) is 40.3 Å². The third kappa shape index (κ3) is 2.44. The van der Waals surface area contributed by atoms with E-state index in [0.29, 0.717) is 28.1 Å². The van der Waals surface area contributed by atoms with Gasteiger partial charge in [0.25, 0.3) is 0 Å². The molecule has 0 atom stereocenters. The number of halogens is 1. The van der Waals surface area contributed by atoms with Gasteiger partial charge in [0.05, 0.1) is 11.6 Å². The van der Waals surface area contributed by atoms with Gasteiger partial charge < -0.3 is 10.2 Å². The summed E-state index contributed by atoms with van der Waals surface area (Å²) in [6.07, 6.45) is 3.69. The summed E-state index contributed by atoms with van der Waals surface area (Å²) in [5, 5.41) is 2.47. The SMILES string of the molecule is Cc1c(-c2ccc(N)cc2F)ccc2c1c(C1CC1)cc(=O)c1ccoc12. The fourth-order valence-electron chi connectivity index (χ4n) is 4.03. The predicted octanol–water partition coefficient (Wildman–Crippen LogP) is 5.52. The summed E-state index contributed by atoms with van der Waals surface area (Å²) in [6, 6.07) is 12.0. The summed E-state index contributed by atoms with van der Waals surface area (Å²) in [7, 11) is 0. The molecule has 1 aliphatic rings. The first kappa shape index (κ1) is 16.1. The van der Waals surface area contributed by atoms with Crippen LogP contribution in [0.3, 0.4) is 0 Å². The van der Waals surface area contributed by atoms with Gasteiger partial charge in [-0.15, -0.1) is 0 Å². The minimum Gasteiger partial charge on any atom is -0.464 e. The van der Waals surface area contributed by atoms with Crippen LogP contribution < -0.4 is 11.2 Å². The summed E-state index contributed by atoms with van der Waals surface area (Å²) in [5.41, 5.74) is 9.96. The van der Waals surface area contributed by atoms with E-state index >= 15 is 0 Å². The highest BCUT2D eigenvalue weighted by Gasteiger charge is 2.27. The average molecular weight is 359 g/mol. The number of nitrogens with two attached hydrogens (primary N) is 1. The van der Waals surface area contributed by atoms with Gasteiger partial charge >= 0.3 is 0 Å². The first-order valence-electron chi connectivity index (χ1n) is 9.07. The van der Waals surface area contributed by atoms with Crippen LogP contribution >= 0.6 is 0 Å². The molecule has 1 fully saturated rings. The van der Waals surface area contributed by atoms with E-state index in [2.05, 4.69) is 0 Å². The van der Waals surface area contributed by atoms with Gasteiger partial charge in [-0.25, -0.2) is 4.39 Å². The first-order chi connectivity index (χ1) is 13.0. The van der Waals surface area contributed by atoms with Crippen LogP contribution in [-0.4, -0.2) is 0 Å². The molecule has 4 aromatic rings. The predicted molar refractivity (Wildman–Crippen MR) is 107 cm³/mol. The van der Waals surface area contributed by atoms with Crippen LogP contribution in [0.5, 0.6) is 0 Å². The van der Waals surface area contributed by atoms with Gasteiger partial charge in [-0.2, -0.15) is 0 Å². The standard InChI is InChI=1S/C23H18FNO2/c1-12-15(16-5-4-14(25)10-20(16)24)6-7-18-22(12)19(13-2-3-13)11-21(26)17-8-9-27-23(17)18/h4-11,13H,2-3,25H2,1H3. The molecule has 4 heteroatoms. The Hall–Kier alpha value is -3.14. The number of benzene rings is 2. The fourth-order valence-corrected chi connectivity index (χ4v) is 4.03. The van der Waals surface area contributed by atoms with Crippen molar-refractivity contribution in [3.63, 3.8) is 0 Å². The summed E-state index contributed by atoms with van der Waals surface area (Å²) >= 11 is 0. The maximum absolute atomic E-state index is 14.6. The second-order valence-electron chi connectivity index (χ2n) is 7.30. The van der Waals surface area contributed by atoms with Crippen LogP contribution in [0.1, 0.15) is 29.9 Å². The Morgan fingerprint density at radius 3 is 2.56 bits per heavy atom. The number of fused-ring (bicyclic) bond motifs is 3. The van der Waals surface area contributed by atoms with E-state index in [4.69, 9.17) is 10.2 Å². The van der Waals surface area contributed by atoms with Crippen molar-refractivity contribution in [3.05, 3.63) is 75.9 Å². The molecule has 0 aliphatic heterocycles. The second-order valence-corrected chi connectivity index (χ2v) is 7.30. The Balaban J connectivity index is 1.94. The smallest absolute Gasteiger partial charge is 0.190 e. The van der Waals surface area contributed by atoms with Crippen LogP contribution in [0.15, 0.2) is 57.9 Å². The molecule has 3 aromatic carbocycles. The lowest BCUT2D eigenvalue weighted by Crippen LogP contribution is -1.96. The number of hydrogen-bond acceptors (Lipinski definition) is 3. The third-order valence-electron chi connectivity index (χ3n) is 5.52. The van der Waals surface area contributed by atoms with Crippen LogP contribution in [0, 0.1) is 12.7 Å². The topological polar surface area (TPSA) is 56.2 Å². The maximum atomic E-state index is 14.6. The van der Waals surface area contributed by atoms with E-state index in [-0.39, 0.29) is 11.2 Å². The zero-order chi connectivity index (χ0) is 18.7. The molecule has 0 radical (unpaired) electrons. The molecule has 1 aromatic heterocycles. The maximum Gasteiger partial charge on any atom is 0.190 e. The minimum absolute atomic E-state index is 0.0311. The number of furan rings is 1. The number of rotatable bonds is 2. The van der Waals surface area contributed by atoms with E-state index in [1.807, 2.05) is 19.1 Å². The zero-order valence-electron chi connectivity index (χ0n) is 14.9. The van der Waals surface area contributed by atoms with Gasteiger partial charge in [0.2, 0.25) is 0 Å². The highest BCUT2D eigenvalue weighted by atomic mass is 19.1. The third-order valence-corrected chi connectivity index (χ3v) is 5.52. The molecule has 1 aliphatic carbocycles. The largest absolute Gasteiger partial charge is 0.464 e. The lowest BCUT2D eigenvalue weighted by molar-refractivity contribution is 0.619. The molecule has 0 amide bonds. The zero-order valence-corrected chi connectivity index (χ0v) is 14.9. The molecular formula is C23H18FNO2. The quantitative estimate of drug-likeness (QED) is 0.479. The molecule has 1 saturated carbocycles. The summed E-state index contributed by atoms with van der Waals surface area (Å²) < 4.78 is 20.3. The Morgan fingerprint density at radius 1 is 1.04 bits per heavy atom. The van der Waals surface area contributed by atoms with Gasteiger partial charge in [0.15, 0.2) is 5.43 Å². The Bertz CT molecular complexity index is 1290. The van der Waals surface area contributed by atoms with Crippen LogP contribution in [-0.2, 0) is 0 Å². The normalized spacial score (nSPS) is 14.1. The molecular weight excluding hydrogens is 341 g/mol. The van der Waals surface area contributed by atoms with Gasteiger partial charge in [0, 0.05) is 16.6 Å². The number of aryl methyl sites for hydroxylation is 1. The molecule has 2 N–H and O–H groups in total. The van der Waals surface area contributed by atoms with Crippen molar-refractivity contribution < 1.29 is 8.81 Å². The van der Waals surface area contributed by atoms with Crippen molar-refractivity contribution in [3.8, 4) is 11.1 Å². The Kier molecular flexibility index (Phi) is 3.38. The van der Waals surface area contributed by atoms with Crippen molar-refractivity contribution in [1.82, 2.24) is 0 Å². The molecule has 5 rings (SSSR count). The van der Waals surface area contributed by atoms with E-state index < -0.39 is 0 Å². The molecule has 3 nitrogen and oxygen atoms in total. The van der Waals surface area contributed by atoms with Crippen LogP contribution in [0.2, 0.25) is 0 Å². The molecule has 0 saturated heterocycles. The van der Waals surface area contributed by atoms with Crippen LogP contribution in [0.25, 0.3) is 32.9 Å². The number of anilines is 1. The van der Waals surface area contributed by atoms with Crippen molar-refractivity contribution in [2.75, 3.05) is 5.73 Å². The van der Waals surface area contributed by atoms with Crippen LogP contribution in [0.4, 0.5) is 10.1 Å². The molecule has 0 spiro atoms. The molecule has 134 valence electrons. The van der Waals surface area contributed by atoms with Crippen molar-refractivity contribution in [1.29, 1.82) is 0 Å². The number of hydrogen-bond donors (Lipinski definition) is 1. The molecule has 0 bridgehead atoms. The second kappa shape index (κ2) is 5.68.